The summed E-state index contributed by atoms with van der Waals surface area (Å²) >= 11 is 1.03. The summed E-state index contributed by atoms with van der Waals surface area (Å²) in [5.74, 6) is 2.29. The molecular weight excluding hydrogens is 366 g/mol. The quantitative estimate of drug-likeness (QED) is 0.750. The zero-order valence-corrected chi connectivity index (χ0v) is 14.4. The van der Waals surface area contributed by atoms with E-state index in [1.807, 2.05) is 12.1 Å². The zero-order chi connectivity index (χ0) is 13.5. The molecule has 0 saturated heterocycles. The van der Waals surface area contributed by atoms with Crippen molar-refractivity contribution in [1.82, 2.24) is 0 Å². The second-order valence-electron chi connectivity index (χ2n) is 4.22. The molecule has 0 unspecified atom stereocenters. The van der Waals surface area contributed by atoms with Crippen LogP contribution in [-0.4, -0.2) is 35.0 Å². The Morgan fingerprint density at radius 2 is 1.47 bits per heavy atom. The van der Waals surface area contributed by atoms with E-state index in [0.29, 0.717) is 0 Å². The Morgan fingerprint density at radius 3 is 2.11 bits per heavy atom. The summed E-state index contributed by atoms with van der Waals surface area (Å²) in [4.78, 5) is 0. The van der Waals surface area contributed by atoms with Gasteiger partial charge in [-0.25, -0.2) is 0 Å². The van der Waals surface area contributed by atoms with Crippen LogP contribution in [0.15, 0.2) is 48.5 Å². The van der Waals surface area contributed by atoms with Gasteiger partial charge in [-0.1, -0.05) is 0 Å². The average Bonchev–Trinajstić information content (AvgIpc) is 2.47. The molecule has 0 heterocycles. The summed E-state index contributed by atoms with van der Waals surface area (Å²) in [5, 5.41) is 10.7. The van der Waals surface area contributed by atoms with Gasteiger partial charge in [-0.2, -0.15) is 0 Å². The van der Waals surface area contributed by atoms with E-state index in [9.17, 15) is 5.11 Å². The minimum absolute atomic E-state index is 0.137. The molecule has 0 saturated carbocycles. The standard InChI is InChI=1S/C16H18OSe2/c1-18-11-10-13-6-2-4-8-15(13)19-16-9-5-3-7-14(16)12-17/h2-9,17H,10-12H2,1H3. The Balaban J connectivity index is 2.22. The number of aryl methyl sites for hydroxylation is 1. The summed E-state index contributed by atoms with van der Waals surface area (Å²) < 4.78 is 2.76. The van der Waals surface area contributed by atoms with E-state index in [0.717, 1.165) is 20.5 Å². The third-order valence-electron chi connectivity index (χ3n) is 2.91. The van der Waals surface area contributed by atoms with E-state index in [4.69, 9.17) is 0 Å². The monoisotopic (exact) mass is 386 g/mol. The molecule has 0 radical (unpaired) electrons. The Bertz CT molecular complexity index is 526. The van der Waals surface area contributed by atoms with Gasteiger partial charge in [0.05, 0.1) is 0 Å². The first kappa shape index (κ1) is 14.8. The third kappa shape index (κ3) is 4.21. The molecule has 0 aliphatic carbocycles. The molecule has 100 valence electrons. The van der Waals surface area contributed by atoms with Crippen LogP contribution < -0.4 is 8.92 Å². The summed E-state index contributed by atoms with van der Waals surface area (Å²) in [6, 6.07) is 17.0. The van der Waals surface area contributed by atoms with Crippen LogP contribution in [0.4, 0.5) is 0 Å². The van der Waals surface area contributed by atoms with Gasteiger partial charge in [-0.15, -0.1) is 0 Å². The van der Waals surface area contributed by atoms with Crippen molar-refractivity contribution >= 4 is 38.8 Å². The fourth-order valence-corrected chi connectivity index (χ4v) is 5.06. The summed E-state index contributed by atoms with van der Waals surface area (Å²) in [6.07, 6.45) is 1.19. The number of hydrogen-bond acceptors (Lipinski definition) is 1. The van der Waals surface area contributed by atoms with E-state index in [2.05, 4.69) is 42.2 Å². The number of rotatable bonds is 6. The van der Waals surface area contributed by atoms with Gasteiger partial charge in [0, 0.05) is 0 Å². The van der Waals surface area contributed by atoms with Crippen molar-refractivity contribution in [3.63, 3.8) is 0 Å². The molecule has 2 aromatic carbocycles. The van der Waals surface area contributed by atoms with Crippen LogP contribution >= 0.6 is 0 Å². The van der Waals surface area contributed by atoms with Gasteiger partial charge in [0.15, 0.2) is 0 Å². The van der Waals surface area contributed by atoms with Crippen molar-refractivity contribution in [3.05, 3.63) is 59.7 Å². The molecule has 0 aromatic heterocycles. The van der Waals surface area contributed by atoms with Crippen molar-refractivity contribution in [2.24, 2.45) is 0 Å². The molecule has 0 atom stereocenters. The second-order valence-corrected chi connectivity index (χ2v) is 8.56. The van der Waals surface area contributed by atoms with E-state index in [-0.39, 0.29) is 21.6 Å². The summed E-state index contributed by atoms with van der Waals surface area (Å²) in [5.41, 5.74) is 2.55. The van der Waals surface area contributed by atoms with Crippen LogP contribution in [0.2, 0.25) is 11.1 Å². The van der Waals surface area contributed by atoms with Crippen LogP contribution in [0.25, 0.3) is 0 Å². The topological polar surface area (TPSA) is 20.2 Å². The van der Waals surface area contributed by atoms with Crippen LogP contribution in [0.3, 0.4) is 0 Å². The molecule has 0 aliphatic rings. The first-order chi connectivity index (χ1) is 9.35. The van der Waals surface area contributed by atoms with E-state index >= 15 is 0 Å². The van der Waals surface area contributed by atoms with Gasteiger partial charge in [0.1, 0.15) is 0 Å². The maximum atomic E-state index is 9.42. The molecule has 1 nitrogen and oxygen atoms in total. The maximum absolute atomic E-state index is 9.42. The Hall–Kier alpha value is -0.561. The molecule has 3 heteroatoms. The minimum atomic E-state index is 0.137. The molecule has 1 N–H and O–H groups in total. The van der Waals surface area contributed by atoms with E-state index in [1.165, 1.54) is 26.2 Å². The van der Waals surface area contributed by atoms with Gasteiger partial charge in [0.2, 0.25) is 0 Å². The van der Waals surface area contributed by atoms with Gasteiger partial charge in [-0.3, -0.25) is 0 Å². The summed E-state index contributed by atoms with van der Waals surface area (Å²) in [6.45, 7) is 0.137. The molecule has 2 rings (SSSR count). The predicted molar refractivity (Wildman–Crippen MR) is 84.0 cm³/mol. The van der Waals surface area contributed by atoms with E-state index in [1.54, 1.807) is 0 Å². The Morgan fingerprint density at radius 1 is 0.895 bits per heavy atom. The number of hydrogen-bond donors (Lipinski definition) is 1. The van der Waals surface area contributed by atoms with Crippen LogP contribution in [0.5, 0.6) is 0 Å². The van der Waals surface area contributed by atoms with Gasteiger partial charge in [-0.05, 0) is 0 Å². The second kappa shape index (κ2) is 7.89. The van der Waals surface area contributed by atoms with Gasteiger partial charge >= 0.3 is 128 Å². The molecule has 0 fully saturated rings. The first-order valence-corrected chi connectivity index (χ1v) is 10.9. The molecular formula is C16H18OSe2. The predicted octanol–water partition coefficient (Wildman–Crippen LogP) is 1.55. The molecule has 0 aliphatic heterocycles. The van der Waals surface area contributed by atoms with Crippen LogP contribution in [0, 0.1) is 0 Å². The van der Waals surface area contributed by atoms with Crippen molar-refractivity contribution in [3.8, 4) is 0 Å². The number of aliphatic hydroxyl groups is 1. The number of aliphatic hydroxyl groups excluding tert-OH is 1. The van der Waals surface area contributed by atoms with Gasteiger partial charge in [0.25, 0.3) is 0 Å². The number of benzene rings is 2. The van der Waals surface area contributed by atoms with Crippen molar-refractivity contribution in [2.45, 2.75) is 24.2 Å². The molecule has 19 heavy (non-hydrogen) atoms. The zero-order valence-electron chi connectivity index (χ0n) is 11.0. The molecule has 0 spiro atoms. The third-order valence-corrected chi connectivity index (χ3v) is 6.79. The first-order valence-electron chi connectivity index (χ1n) is 6.28. The average molecular weight is 384 g/mol. The van der Waals surface area contributed by atoms with E-state index < -0.39 is 0 Å². The molecule has 2 aromatic rings. The van der Waals surface area contributed by atoms with Crippen LogP contribution in [0.1, 0.15) is 11.1 Å². The SMILES string of the molecule is C[Se]CCc1ccccc1[Se]c1ccccc1CO. The molecule has 0 bridgehead atoms. The fraction of sp³-hybridized carbons (Fsp3) is 0.250. The normalized spacial score (nSPS) is 10.6. The summed E-state index contributed by atoms with van der Waals surface area (Å²) in [7, 11) is 0. The van der Waals surface area contributed by atoms with Crippen molar-refractivity contribution in [2.75, 3.05) is 0 Å². The van der Waals surface area contributed by atoms with Crippen LogP contribution in [-0.2, 0) is 13.0 Å². The fourth-order valence-electron chi connectivity index (χ4n) is 1.87. The Labute approximate surface area is 127 Å². The van der Waals surface area contributed by atoms with Crippen molar-refractivity contribution < 1.29 is 5.11 Å². The van der Waals surface area contributed by atoms with Gasteiger partial charge < -0.3 is 0 Å². The Kier molecular flexibility index (Phi) is 6.16. The molecule has 0 amide bonds. The van der Waals surface area contributed by atoms with Crippen molar-refractivity contribution in [1.29, 1.82) is 0 Å².